The molecule has 0 unspecified atom stereocenters. The van der Waals surface area contributed by atoms with Crippen LogP contribution in [-0.2, 0) is 9.59 Å². The van der Waals surface area contributed by atoms with E-state index in [9.17, 15) is 9.59 Å². The van der Waals surface area contributed by atoms with Gasteiger partial charge in [0.15, 0.2) is 13.2 Å². The first-order valence-electron chi connectivity index (χ1n) is 11.5. The summed E-state index contributed by atoms with van der Waals surface area (Å²) in [6.07, 6.45) is 3.58. The van der Waals surface area contributed by atoms with Crippen LogP contribution < -0.4 is 20.1 Å². The van der Waals surface area contributed by atoms with Crippen molar-refractivity contribution in [1.29, 1.82) is 0 Å². The van der Waals surface area contributed by atoms with Crippen molar-refractivity contribution in [2.24, 2.45) is 0 Å². The summed E-state index contributed by atoms with van der Waals surface area (Å²) in [6.45, 7) is 7.39. The van der Waals surface area contributed by atoms with Crippen molar-refractivity contribution in [3.8, 4) is 11.5 Å². The Bertz CT molecular complexity index is 928. The van der Waals surface area contributed by atoms with Crippen molar-refractivity contribution >= 4 is 35.0 Å². The van der Waals surface area contributed by atoms with Gasteiger partial charge in [-0.05, 0) is 87.1 Å². The maximum atomic E-state index is 12.6. The lowest BCUT2D eigenvalue weighted by atomic mass is 9.90. The second kappa shape index (κ2) is 11.8. The Hall–Kier alpha value is -2.44. The van der Waals surface area contributed by atoms with E-state index in [1.165, 1.54) is 0 Å². The molecule has 1 fully saturated rings. The zero-order chi connectivity index (χ0) is 24.8. The van der Waals surface area contributed by atoms with E-state index in [0.29, 0.717) is 21.5 Å². The first-order valence-corrected chi connectivity index (χ1v) is 12.3. The molecule has 0 aliphatic heterocycles. The number of hydrogen-bond acceptors (Lipinski definition) is 4. The van der Waals surface area contributed by atoms with E-state index in [1.54, 1.807) is 0 Å². The van der Waals surface area contributed by atoms with Gasteiger partial charge in [0.1, 0.15) is 11.5 Å². The van der Waals surface area contributed by atoms with E-state index >= 15 is 0 Å². The second-order valence-electron chi connectivity index (χ2n) is 8.95. The third-order valence-corrected chi connectivity index (χ3v) is 6.44. The van der Waals surface area contributed by atoms with Crippen molar-refractivity contribution in [2.45, 2.75) is 65.5 Å². The van der Waals surface area contributed by atoms with Crippen LogP contribution in [0.2, 0.25) is 10.0 Å². The van der Waals surface area contributed by atoms with Crippen molar-refractivity contribution < 1.29 is 19.1 Å². The molecule has 2 amide bonds. The number of amides is 2. The van der Waals surface area contributed by atoms with Gasteiger partial charge in [0, 0.05) is 22.1 Å². The predicted molar refractivity (Wildman–Crippen MR) is 135 cm³/mol. The highest BCUT2D eigenvalue weighted by Crippen LogP contribution is 2.28. The first-order chi connectivity index (χ1) is 16.1. The first kappa shape index (κ1) is 26.2. The lowest BCUT2D eigenvalue weighted by Gasteiger charge is -2.32. The molecule has 3 rings (SSSR count). The molecule has 0 bridgehead atoms. The van der Waals surface area contributed by atoms with Gasteiger partial charge in [-0.2, -0.15) is 0 Å². The molecular weight excluding hydrogens is 475 g/mol. The highest BCUT2D eigenvalue weighted by atomic mass is 35.5. The molecule has 2 atom stereocenters. The largest absolute Gasteiger partial charge is 0.483 e. The Morgan fingerprint density at radius 1 is 0.735 bits per heavy atom. The minimum atomic E-state index is -0.219. The van der Waals surface area contributed by atoms with Crippen LogP contribution in [0, 0.1) is 27.7 Å². The van der Waals surface area contributed by atoms with Crippen LogP contribution in [0.4, 0.5) is 0 Å². The van der Waals surface area contributed by atoms with Gasteiger partial charge < -0.3 is 20.1 Å². The van der Waals surface area contributed by atoms with Crippen molar-refractivity contribution in [2.75, 3.05) is 13.2 Å². The van der Waals surface area contributed by atoms with E-state index in [0.717, 1.165) is 47.9 Å². The van der Waals surface area contributed by atoms with Crippen LogP contribution in [0.25, 0.3) is 0 Å². The number of nitrogens with one attached hydrogen (secondary N) is 2. The van der Waals surface area contributed by atoms with Gasteiger partial charge in [-0.25, -0.2) is 0 Å². The molecule has 1 saturated carbocycles. The Labute approximate surface area is 211 Å². The summed E-state index contributed by atoms with van der Waals surface area (Å²) in [7, 11) is 0. The summed E-state index contributed by atoms with van der Waals surface area (Å²) in [5, 5.41) is 7.34. The fourth-order valence-electron chi connectivity index (χ4n) is 4.50. The molecule has 34 heavy (non-hydrogen) atoms. The summed E-state index contributed by atoms with van der Waals surface area (Å²) in [4.78, 5) is 25.2. The molecule has 8 heteroatoms. The fourth-order valence-corrected chi connectivity index (χ4v) is 5.15. The van der Waals surface area contributed by atoms with Crippen LogP contribution in [0.1, 0.15) is 47.9 Å². The van der Waals surface area contributed by atoms with Gasteiger partial charge in [-0.3, -0.25) is 9.59 Å². The third-order valence-electron chi connectivity index (χ3n) is 6.00. The SMILES string of the molecule is Cc1cc(Cl)cc(C)c1OCC(=O)N[C@H]1CCCC[C@H]1NC(=O)COc1c(C)cc(Cl)cc1C. The number of carbonyl (C=O) groups is 2. The molecule has 0 aromatic heterocycles. The molecule has 2 aromatic rings. The number of aryl methyl sites for hydroxylation is 4. The van der Waals surface area contributed by atoms with Gasteiger partial charge in [-0.1, -0.05) is 36.0 Å². The molecular formula is C26H32Cl2N2O4. The van der Waals surface area contributed by atoms with Crippen LogP contribution in [0.15, 0.2) is 24.3 Å². The number of hydrogen-bond donors (Lipinski definition) is 2. The molecule has 1 aliphatic carbocycles. The number of rotatable bonds is 8. The van der Waals surface area contributed by atoms with E-state index in [4.69, 9.17) is 32.7 Å². The highest BCUT2D eigenvalue weighted by molar-refractivity contribution is 6.31. The van der Waals surface area contributed by atoms with Gasteiger partial charge in [0.05, 0.1) is 0 Å². The molecule has 0 saturated heterocycles. The summed E-state index contributed by atoms with van der Waals surface area (Å²) in [5.74, 6) is 0.892. The van der Waals surface area contributed by atoms with Crippen LogP contribution in [0.5, 0.6) is 11.5 Å². The standard InChI is InChI=1S/C26H32Cl2N2O4/c1-15-9-19(27)10-16(2)25(15)33-13-23(31)29-21-7-5-6-8-22(21)30-24(32)14-34-26-17(3)11-20(28)12-18(26)4/h9-12,21-22H,5-8,13-14H2,1-4H3,(H,29,31)(H,30,32)/t21-,22+. The summed E-state index contributed by atoms with van der Waals surface area (Å²) in [6, 6.07) is 6.93. The maximum Gasteiger partial charge on any atom is 0.258 e. The quantitative estimate of drug-likeness (QED) is 0.513. The molecule has 2 N–H and O–H groups in total. The zero-order valence-electron chi connectivity index (χ0n) is 20.1. The number of benzene rings is 2. The number of ether oxygens (including phenoxy) is 2. The Kier molecular flexibility index (Phi) is 9.09. The van der Waals surface area contributed by atoms with Gasteiger partial charge in [0.2, 0.25) is 0 Å². The van der Waals surface area contributed by atoms with Crippen LogP contribution in [-0.4, -0.2) is 37.1 Å². The average molecular weight is 507 g/mol. The fraction of sp³-hybridized carbons (Fsp3) is 0.462. The third kappa shape index (κ3) is 7.03. The van der Waals surface area contributed by atoms with E-state index in [1.807, 2.05) is 52.0 Å². The summed E-state index contributed by atoms with van der Waals surface area (Å²) >= 11 is 12.1. The Morgan fingerprint density at radius 2 is 1.06 bits per heavy atom. The van der Waals surface area contributed by atoms with E-state index < -0.39 is 0 Å². The molecule has 184 valence electrons. The van der Waals surface area contributed by atoms with Gasteiger partial charge in [0.25, 0.3) is 11.8 Å². The molecule has 2 aromatic carbocycles. The second-order valence-corrected chi connectivity index (χ2v) is 9.82. The normalized spacial score (nSPS) is 17.7. The summed E-state index contributed by atoms with van der Waals surface area (Å²) < 4.78 is 11.5. The zero-order valence-corrected chi connectivity index (χ0v) is 21.6. The van der Waals surface area contributed by atoms with Crippen molar-refractivity contribution in [3.05, 3.63) is 56.6 Å². The predicted octanol–water partition coefficient (Wildman–Crippen LogP) is 5.23. The lowest BCUT2D eigenvalue weighted by molar-refractivity contribution is -0.127. The lowest BCUT2D eigenvalue weighted by Crippen LogP contribution is -2.54. The minimum Gasteiger partial charge on any atom is -0.483 e. The van der Waals surface area contributed by atoms with Crippen LogP contribution >= 0.6 is 23.2 Å². The minimum absolute atomic E-state index is 0.0985. The number of carbonyl (C=O) groups excluding carboxylic acids is 2. The molecule has 0 heterocycles. The van der Waals surface area contributed by atoms with E-state index in [2.05, 4.69) is 10.6 Å². The smallest absolute Gasteiger partial charge is 0.258 e. The van der Waals surface area contributed by atoms with E-state index in [-0.39, 0.29) is 37.1 Å². The average Bonchev–Trinajstić information content (AvgIpc) is 2.73. The topological polar surface area (TPSA) is 76.7 Å². The van der Waals surface area contributed by atoms with Gasteiger partial charge >= 0.3 is 0 Å². The number of halogens is 2. The summed E-state index contributed by atoms with van der Waals surface area (Å²) in [5.41, 5.74) is 3.53. The monoisotopic (exact) mass is 506 g/mol. The molecule has 6 nitrogen and oxygen atoms in total. The Morgan fingerprint density at radius 3 is 1.38 bits per heavy atom. The molecule has 0 spiro atoms. The Balaban J connectivity index is 1.53. The maximum absolute atomic E-state index is 12.6. The molecule has 0 radical (unpaired) electrons. The van der Waals surface area contributed by atoms with Crippen molar-refractivity contribution in [1.82, 2.24) is 10.6 Å². The van der Waals surface area contributed by atoms with Gasteiger partial charge in [-0.15, -0.1) is 0 Å². The van der Waals surface area contributed by atoms with Crippen molar-refractivity contribution in [3.63, 3.8) is 0 Å². The highest BCUT2D eigenvalue weighted by Gasteiger charge is 2.28. The van der Waals surface area contributed by atoms with Crippen LogP contribution in [0.3, 0.4) is 0 Å². The molecule has 1 aliphatic rings.